The predicted octanol–water partition coefficient (Wildman–Crippen LogP) is 4.62. The van der Waals surface area contributed by atoms with E-state index in [2.05, 4.69) is 57.8 Å². The molecule has 0 atom stereocenters. The minimum absolute atomic E-state index is 0.0140. The van der Waals surface area contributed by atoms with Crippen LogP contribution in [0.25, 0.3) is 11.4 Å². The molecule has 2 aromatic carbocycles. The van der Waals surface area contributed by atoms with Gasteiger partial charge in [0.05, 0.1) is 0 Å². The van der Waals surface area contributed by atoms with E-state index in [1.807, 2.05) is 30.3 Å². The highest BCUT2D eigenvalue weighted by molar-refractivity contribution is 7.98. The van der Waals surface area contributed by atoms with Crippen molar-refractivity contribution in [2.45, 2.75) is 43.3 Å². The average molecular weight is 405 g/mol. The molecule has 5 nitrogen and oxygen atoms in total. The fourth-order valence-electron chi connectivity index (χ4n) is 3.00. The maximum atomic E-state index is 12.1. The molecule has 1 heterocycles. The van der Waals surface area contributed by atoms with Gasteiger partial charge < -0.3 is 5.32 Å². The first-order valence-electron chi connectivity index (χ1n) is 9.78. The Morgan fingerprint density at radius 3 is 2.55 bits per heavy atom. The van der Waals surface area contributed by atoms with Crippen molar-refractivity contribution >= 4 is 17.7 Å². The van der Waals surface area contributed by atoms with Crippen molar-refractivity contribution in [3.8, 4) is 11.4 Å². The lowest BCUT2D eigenvalue weighted by molar-refractivity contribution is 0.0951. The number of hydrogen-bond acceptors (Lipinski definition) is 4. The Balaban J connectivity index is 1.45. The summed E-state index contributed by atoms with van der Waals surface area (Å²) in [5.74, 6) is 1.62. The number of allylic oxidation sites excluding steroid dienone is 1. The number of nitrogens with one attached hydrogen (secondary N) is 1. The number of hydrogen-bond donors (Lipinski definition) is 1. The van der Waals surface area contributed by atoms with E-state index >= 15 is 0 Å². The van der Waals surface area contributed by atoms with Gasteiger partial charge in [0.1, 0.15) is 0 Å². The van der Waals surface area contributed by atoms with E-state index in [4.69, 9.17) is 0 Å². The molecule has 1 N–H and O–H groups in total. The molecule has 29 heavy (non-hydrogen) atoms. The van der Waals surface area contributed by atoms with Crippen LogP contribution in [0, 0.1) is 6.92 Å². The third kappa shape index (κ3) is 4.77. The van der Waals surface area contributed by atoms with Crippen molar-refractivity contribution in [2.24, 2.45) is 0 Å². The third-order valence-electron chi connectivity index (χ3n) is 4.83. The molecule has 0 bridgehead atoms. The van der Waals surface area contributed by atoms with E-state index in [0.717, 1.165) is 40.7 Å². The highest BCUT2D eigenvalue weighted by Crippen LogP contribution is 2.27. The first-order chi connectivity index (χ1) is 14.1. The predicted molar refractivity (Wildman–Crippen MR) is 117 cm³/mol. The van der Waals surface area contributed by atoms with E-state index in [9.17, 15) is 4.79 Å². The lowest BCUT2D eigenvalue weighted by Crippen LogP contribution is -2.25. The topological polar surface area (TPSA) is 59.8 Å². The van der Waals surface area contributed by atoms with E-state index < -0.39 is 0 Å². The van der Waals surface area contributed by atoms with Gasteiger partial charge in [-0.2, -0.15) is 0 Å². The molecule has 0 saturated heterocycles. The number of thioether (sulfide) groups is 1. The number of nitrogens with zero attached hydrogens (tertiary/aromatic N) is 3. The minimum Gasteiger partial charge on any atom is -0.349 e. The Bertz CT molecular complexity index is 1000. The third-order valence-corrected chi connectivity index (χ3v) is 5.87. The van der Waals surface area contributed by atoms with Crippen LogP contribution >= 0.6 is 11.8 Å². The molecule has 148 valence electrons. The second-order valence-corrected chi connectivity index (χ2v) is 8.25. The maximum absolute atomic E-state index is 12.1. The fraction of sp³-hybridized carbons (Fsp3) is 0.261. The second kappa shape index (κ2) is 8.66. The van der Waals surface area contributed by atoms with Gasteiger partial charge in [-0.15, -0.1) is 16.8 Å². The molecule has 3 aromatic rings. The maximum Gasteiger partial charge on any atom is 0.251 e. The lowest BCUT2D eigenvalue weighted by Gasteiger charge is -2.08. The van der Waals surface area contributed by atoms with E-state index in [0.29, 0.717) is 18.2 Å². The molecule has 6 heteroatoms. The molecule has 1 saturated carbocycles. The summed E-state index contributed by atoms with van der Waals surface area (Å²) < 4.78 is 2.08. The van der Waals surface area contributed by atoms with Gasteiger partial charge >= 0.3 is 0 Å². The minimum atomic E-state index is 0.0140. The van der Waals surface area contributed by atoms with Gasteiger partial charge in [0.2, 0.25) is 0 Å². The van der Waals surface area contributed by atoms with Crippen molar-refractivity contribution in [1.29, 1.82) is 0 Å². The molecule has 0 radical (unpaired) electrons. The molecular formula is C23H24N4OS. The monoisotopic (exact) mass is 404 g/mol. The standard InChI is InChI=1S/C23H24N4OS/c1-3-14-27-21(18-8-4-16(2)5-9-18)25-26-23(27)29-15-17-6-10-19(11-7-17)22(28)24-20-12-13-20/h3-11,20H,1,12-15H2,2H3,(H,24,28). The molecule has 1 amide bonds. The van der Waals surface area contributed by atoms with Crippen LogP contribution in [0.1, 0.15) is 34.3 Å². The van der Waals surface area contributed by atoms with E-state index in [-0.39, 0.29) is 5.91 Å². The number of carbonyl (C=O) groups excluding carboxylic acids is 1. The summed E-state index contributed by atoms with van der Waals surface area (Å²) in [6, 6.07) is 16.5. The van der Waals surface area contributed by atoms with Crippen molar-refractivity contribution in [3.63, 3.8) is 0 Å². The summed E-state index contributed by atoms with van der Waals surface area (Å²) in [5, 5.41) is 12.7. The number of benzene rings is 2. The van der Waals surface area contributed by atoms with E-state index in [1.165, 1.54) is 5.56 Å². The highest BCUT2D eigenvalue weighted by atomic mass is 32.2. The zero-order valence-corrected chi connectivity index (χ0v) is 17.3. The lowest BCUT2D eigenvalue weighted by atomic mass is 10.1. The molecular weight excluding hydrogens is 380 g/mol. The van der Waals surface area contributed by atoms with Crippen LogP contribution in [-0.2, 0) is 12.3 Å². The molecule has 4 rings (SSSR count). The number of carbonyl (C=O) groups is 1. The van der Waals surface area contributed by atoms with Crippen molar-refractivity contribution in [1.82, 2.24) is 20.1 Å². The number of aryl methyl sites for hydroxylation is 1. The van der Waals surface area contributed by atoms with Crippen molar-refractivity contribution < 1.29 is 4.79 Å². The normalized spacial score (nSPS) is 13.3. The van der Waals surface area contributed by atoms with Gasteiger partial charge in [-0.3, -0.25) is 9.36 Å². The SMILES string of the molecule is C=CCn1c(SCc2ccc(C(=O)NC3CC3)cc2)nnc1-c1ccc(C)cc1. The van der Waals surface area contributed by atoms with Crippen LogP contribution in [-0.4, -0.2) is 26.7 Å². The quantitative estimate of drug-likeness (QED) is 0.439. The van der Waals surface area contributed by atoms with Gasteiger partial charge in [-0.05, 0) is 37.5 Å². The van der Waals surface area contributed by atoms with Gasteiger partial charge in [0.25, 0.3) is 5.91 Å². The number of amides is 1. The Labute approximate surface area is 175 Å². The highest BCUT2D eigenvalue weighted by Gasteiger charge is 2.23. The Hall–Kier alpha value is -2.86. The summed E-state index contributed by atoms with van der Waals surface area (Å²) in [7, 11) is 0. The summed E-state index contributed by atoms with van der Waals surface area (Å²) >= 11 is 1.63. The van der Waals surface area contributed by atoms with Crippen LogP contribution in [0.5, 0.6) is 0 Å². The van der Waals surface area contributed by atoms with Crippen LogP contribution < -0.4 is 5.32 Å². The summed E-state index contributed by atoms with van der Waals surface area (Å²) in [4.78, 5) is 12.1. The molecule has 1 aromatic heterocycles. The first-order valence-corrected chi connectivity index (χ1v) is 10.8. The van der Waals surface area contributed by atoms with Gasteiger partial charge in [-0.25, -0.2) is 0 Å². The molecule has 1 fully saturated rings. The molecule has 0 unspecified atom stereocenters. The zero-order valence-electron chi connectivity index (χ0n) is 16.5. The van der Waals surface area contributed by atoms with E-state index in [1.54, 1.807) is 11.8 Å². The second-order valence-electron chi connectivity index (χ2n) is 7.30. The largest absolute Gasteiger partial charge is 0.349 e. The van der Waals surface area contributed by atoms with Crippen LogP contribution in [0.15, 0.2) is 66.3 Å². The summed E-state index contributed by atoms with van der Waals surface area (Å²) in [5.41, 5.74) is 4.11. The Kier molecular flexibility index (Phi) is 5.81. The first kappa shape index (κ1) is 19.5. The van der Waals surface area contributed by atoms with Crippen LogP contribution in [0.4, 0.5) is 0 Å². The van der Waals surface area contributed by atoms with Crippen molar-refractivity contribution in [3.05, 3.63) is 77.9 Å². The number of aromatic nitrogens is 3. The number of rotatable bonds is 8. The summed E-state index contributed by atoms with van der Waals surface area (Å²) in [6.45, 7) is 6.59. The van der Waals surface area contributed by atoms with Gasteiger partial charge in [0.15, 0.2) is 11.0 Å². The average Bonchev–Trinajstić information content (AvgIpc) is 3.46. The van der Waals surface area contributed by atoms with Crippen LogP contribution in [0.3, 0.4) is 0 Å². The molecule has 0 spiro atoms. The Morgan fingerprint density at radius 1 is 1.17 bits per heavy atom. The summed E-state index contributed by atoms with van der Waals surface area (Å²) in [6.07, 6.45) is 4.05. The molecule has 0 aliphatic heterocycles. The van der Waals surface area contributed by atoms with Crippen LogP contribution in [0.2, 0.25) is 0 Å². The zero-order chi connectivity index (χ0) is 20.2. The van der Waals surface area contributed by atoms with Gasteiger partial charge in [0, 0.05) is 29.5 Å². The molecule has 1 aliphatic carbocycles. The Morgan fingerprint density at radius 2 is 1.90 bits per heavy atom. The van der Waals surface area contributed by atoms with Gasteiger partial charge in [-0.1, -0.05) is 59.8 Å². The smallest absolute Gasteiger partial charge is 0.251 e. The fourth-order valence-corrected chi connectivity index (χ4v) is 3.91. The molecule has 1 aliphatic rings. The van der Waals surface area contributed by atoms with Crippen molar-refractivity contribution in [2.75, 3.05) is 0 Å².